The topological polar surface area (TPSA) is 112 Å². The van der Waals surface area contributed by atoms with Gasteiger partial charge in [-0.05, 0) is 75.0 Å². The first-order valence-electron chi connectivity index (χ1n) is 11.5. The zero-order chi connectivity index (χ0) is 24.1. The Kier molecular flexibility index (Phi) is 8.85. The molecule has 0 amide bonds. The van der Waals surface area contributed by atoms with Gasteiger partial charge in [0.15, 0.2) is 0 Å². The van der Waals surface area contributed by atoms with Crippen molar-refractivity contribution in [2.24, 2.45) is 0 Å². The van der Waals surface area contributed by atoms with Crippen molar-refractivity contribution in [3.8, 4) is 34.7 Å². The van der Waals surface area contributed by atoms with Gasteiger partial charge in [0.2, 0.25) is 5.82 Å². The van der Waals surface area contributed by atoms with Crippen LogP contribution in [-0.2, 0) is 17.6 Å². The Balaban J connectivity index is 0.00000342. The number of fused-ring (bicyclic) bond motifs is 1. The van der Waals surface area contributed by atoms with E-state index in [1.165, 1.54) is 11.1 Å². The van der Waals surface area contributed by atoms with Crippen molar-refractivity contribution in [2.75, 3.05) is 19.6 Å². The molecule has 1 aromatic heterocycles. The largest absolute Gasteiger partial charge is 0.490 e. The molecule has 0 unspecified atom stereocenters. The van der Waals surface area contributed by atoms with Gasteiger partial charge in [-0.15, -0.1) is 12.4 Å². The maximum absolute atomic E-state index is 10.8. The van der Waals surface area contributed by atoms with Crippen LogP contribution < -0.4 is 4.74 Å². The van der Waals surface area contributed by atoms with E-state index in [1.807, 2.05) is 26.0 Å². The number of hydrogen-bond donors (Lipinski definition) is 1. The lowest BCUT2D eigenvalue weighted by Gasteiger charge is -2.18. The first kappa shape index (κ1) is 26.2. The van der Waals surface area contributed by atoms with E-state index in [-0.39, 0.29) is 24.9 Å². The molecule has 0 bridgehead atoms. The molecule has 3 aromatic rings. The summed E-state index contributed by atoms with van der Waals surface area (Å²) in [7, 11) is 0. The van der Waals surface area contributed by atoms with Crippen LogP contribution in [0.4, 0.5) is 0 Å². The average Bonchev–Trinajstić information content (AvgIpc) is 3.22. The number of carboxylic acids is 1. The maximum Gasteiger partial charge on any atom is 0.303 e. The fraction of sp³-hybridized carbons (Fsp3) is 0.385. The molecule has 1 N–H and O–H groups in total. The zero-order valence-corrected chi connectivity index (χ0v) is 20.7. The van der Waals surface area contributed by atoms with E-state index in [2.05, 4.69) is 33.2 Å². The normalized spacial score (nSPS) is 13.4. The van der Waals surface area contributed by atoms with Crippen molar-refractivity contribution in [3.63, 3.8) is 0 Å². The van der Waals surface area contributed by atoms with Gasteiger partial charge in [-0.25, -0.2) is 0 Å². The van der Waals surface area contributed by atoms with Crippen LogP contribution in [0.1, 0.15) is 43.4 Å². The average molecular weight is 497 g/mol. The summed E-state index contributed by atoms with van der Waals surface area (Å²) in [4.78, 5) is 17.7. The second-order valence-electron chi connectivity index (χ2n) is 8.73. The lowest BCUT2D eigenvalue weighted by atomic mass is 10.00. The Labute approximate surface area is 210 Å². The Morgan fingerprint density at radius 3 is 2.63 bits per heavy atom. The van der Waals surface area contributed by atoms with Crippen LogP contribution in [0.25, 0.3) is 22.8 Å². The number of rotatable bonds is 8. The molecule has 0 spiro atoms. The van der Waals surface area contributed by atoms with Crippen molar-refractivity contribution in [2.45, 2.75) is 45.6 Å². The third-order valence-electron chi connectivity index (χ3n) is 5.86. The monoisotopic (exact) mass is 496 g/mol. The number of aliphatic carboxylic acids is 1. The van der Waals surface area contributed by atoms with E-state index < -0.39 is 5.97 Å². The molecule has 2 aromatic carbocycles. The van der Waals surface area contributed by atoms with E-state index in [9.17, 15) is 10.1 Å². The van der Waals surface area contributed by atoms with Gasteiger partial charge in [-0.3, -0.25) is 4.79 Å². The lowest BCUT2D eigenvalue weighted by molar-refractivity contribution is -0.137. The van der Waals surface area contributed by atoms with Crippen LogP contribution in [0.2, 0.25) is 0 Å². The van der Waals surface area contributed by atoms with Gasteiger partial charge < -0.3 is 19.3 Å². The highest BCUT2D eigenvalue weighted by atomic mass is 35.5. The minimum absolute atomic E-state index is 0. The van der Waals surface area contributed by atoms with E-state index in [0.717, 1.165) is 38.0 Å². The number of benzene rings is 2. The molecule has 1 aliphatic heterocycles. The van der Waals surface area contributed by atoms with E-state index in [1.54, 1.807) is 12.1 Å². The van der Waals surface area contributed by atoms with Crippen LogP contribution in [0.3, 0.4) is 0 Å². The van der Waals surface area contributed by atoms with E-state index >= 15 is 0 Å². The summed E-state index contributed by atoms with van der Waals surface area (Å²) in [6.45, 7) is 6.45. The molecule has 9 heteroatoms. The molecule has 0 fully saturated rings. The Morgan fingerprint density at radius 1 is 1.17 bits per heavy atom. The van der Waals surface area contributed by atoms with E-state index in [4.69, 9.17) is 14.4 Å². The van der Waals surface area contributed by atoms with Gasteiger partial charge in [0.05, 0.1) is 11.7 Å². The van der Waals surface area contributed by atoms with Crippen LogP contribution in [0.5, 0.6) is 5.75 Å². The summed E-state index contributed by atoms with van der Waals surface area (Å²) in [6.07, 6.45) is 2.67. The molecule has 0 atom stereocenters. The SMILES string of the molecule is CC(C)Oc1ccc(-c2nc(-c3ccc4c(c3)CCN(CCCC(=O)O)CC4)no2)cc1C#N.Cl. The lowest BCUT2D eigenvalue weighted by Crippen LogP contribution is -2.27. The van der Waals surface area contributed by atoms with Gasteiger partial charge in [0.1, 0.15) is 11.8 Å². The summed E-state index contributed by atoms with van der Waals surface area (Å²) in [5.41, 5.74) is 4.52. The number of carbonyl (C=O) groups is 1. The fourth-order valence-electron chi connectivity index (χ4n) is 4.15. The highest BCUT2D eigenvalue weighted by Gasteiger charge is 2.18. The predicted molar refractivity (Wildman–Crippen MR) is 134 cm³/mol. The summed E-state index contributed by atoms with van der Waals surface area (Å²) in [6, 6.07) is 13.7. The molecule has 0 radical (unpaired) electrons. The van der Waals surface area contributed by atoms with Crippen molar-refractivity contribution < 1.29 is 19.2 Å². The standard InChI is InChI=1S/C26H28N4O4.ClH/c1-17(2)33-23-8-7-21(15-22(23)16-27)26-28-25(29-34-26)20-6-5-18-9-12-30(11-3-4-24(31)32)13-10-19(18)14-20;/h5-8,14-15,17H,3-4,9-13H2,1-2H3,(H,31,32);1H. The summed E-state index contributed by atoms with van der Waals surface area (Å²) in [5.74, 6) is 0.637. The smallest absolute Gasteiger partial charge is 0.303 e. The first-order valence-corrected chi connectivity index (χ1v) is 11.5. The number of carboxylic acid groups (broad SMARTS) is 1. The van der Waals surface area contributed by atoms with Gasteiger partial charge >= 0.3 is 5.97 Å². The van der Waals surface area contributed by atoms with Crippen molar-refractivity contribution in [1.82, 2.24) is 15.0 Å². The number of aromatic nitrogens is 2. The minimum Gasteiger partial charge on any atom is -0.490 e. The van der Waals surface area contributed by atoms with Crippen LogP contribution >= 0.6 is 12.4 Å². The Morgan fingerprint density at radius 2 is 1.91 bits per heavy atom. The third-order valence-corrected chi connectivity index (χ3v) is 5.86. The fourth-order valence-corrected chi connectivity index (χ4v) is 4.15. The van der Waals surface area contributed by atoms with Crippen LogP contribution in [0, 0.1) is 11.3 Å². The second-order valence-corrected chi connectivity index (χ2v) is 8.73. The number of nitriles is 1. The third kappa shape index (κ3) is 6.59. The molecule has 4 rings (SSSR count). The summed E-state index contributed by atoms with van der Waals surface area (Å²) < 4.78 is 11.2. The highest BCUT2D eigenvalue weighted by molar-refractivity contribution is 5.85. The molecule has 0 aliphatic carbocycles. The number of hydrogen-bond acceptors (Lipinski definition) is 7. The maximum atomic E-state index is 10.8. The van der Waals surface area contributed by atoms with Gasteiger partial charge in [0, 0.05) is 30.6 Å². The van der Waals surface area contributed by atoms with Crippen molar-refractivity contribution in [1.29, 1.82) is 5.26 Å². The van der Waals surface area contributed by atoms with Gasteiger partial charge in [0.25, 0.3) is 5.89 Å². The van der Waals surface area contributed by atoms with Gasteiger partial charge in [-0.1, -0.05) is 17.3 Å². The molecule has 184 valence electrons. The molecule has 8 nitrogen and oxygen atoms in total. The van der Waals surface area contributed by atoms with E-state index in [0.29, 0.717) is 35.0 Å². The highest BCUT2D eigenvalue weighted by Crippen LogP contribution is 2.29. The summed E-state index contributed by atoms with van der Waals surface area (Å²) >= 11 is 0. The quantitative estimate of drug-likeness (QED) is 0.475. The number of ether oxygens (including phenoxy) is 1. The van der Waals surface area contributed by atoms with Crippen LogP contribution in [0.15, 0.2) is 40.9 Å². The first-order chi connectivity index (χ1) is 16.4. The molecule has 0 saturated heterocycles. The summed E-state index contributed by atoms with van der Waals surface area (Å²) in [5, 5.41) is 22.5. The molecule has 35 heavy (non-hydrogen) atoms. The second kappa shape index (κ2) is 11.8. The Bertz CT molecular complexity index is 1220. The van der Waals surface area contributed by atoms with Crippen molar-refractivity contribution in [3.05, 3.63) is 53.1 Å². The molecule has 0 saturated carbocycles. The van der Waals surface area contributed by atoms with Gasteiger partial charge in [-0.2, -0.15) is 10.2 Å². The van der Waals surface area contributed by atoms with Crippen LogP contribution in [-0.4, -0.2) is 51.9 Å². The molecular formula is C26H29ClN4O4. The van der Waals surface area contributed by atoms with Crippen molar-refractivity contribution >= 4 is 18.4 Å². The Hall–Kier alpha value is -3.41. The predicted octanol–water partition coefficient (Wildman–Crippen LogP) is 4.75. The molecular weight excluding hydrogens is 468 g/mol. The molecule has 2 heterocycles. The molecule has 1 aliphatic rings. The minimum atomic E-state index is -0.745. The number of halogens is 1. The number of nitrogens with zero attached hydrogens (tertiary/aromatic N) is 4. The zero-order valence-electron chi connectivity index (χ0n) is 19.9.